The lowest BCUT2D eigenvalue weighted by molar-refractivity contribution is -0.757. The molecule has 3 heterocycles. The SMILES string of the molecule is CC[C@H]1C[C@@H]2C[C@H]3C4=C(CCN(C2)[C@@H]13)c1cc(OCCO[N+](=O)[O-])ccc1C4. The molecule has 6 rings (SSSR count). The van der Waals surface area contributed by atoms with Gasteiger partial charge in [0.15, 0.2) is 0 Å². The van der Waals surface area contributed by atoms with Crippen molar-refractivity contribution >= 4 is 5.57 Å². The molecule has 3 aliphatic heterocycles. The Labute approximate surface area is 165 Å². The second kappa shape index (κ2) is 7.07. The van der Waals surface area contributed by atoms with Crippen LogP contribution in [0, 0.1) is 27.9 Å². The van der Waals surface area contributed by atoms with Crippen LogP contribution in [0.1, 0.15) is 43.7 Å². The van der Waals surface area contributed by atoms with Crippen molar-refractivity contribution < 1.29 is 14.7 Å². The van der Waals surface area contributed by atoms with Crippen LogP contribution in [-0.2, 0) is 11.3 Å². The molecule has 1 aromatic rings. The Morgan fingerprint density at radius 1 is 1.29 bits per heavy atom. The first kappa shape index (κ1) is 18.0. The van der Waals surface area contributed by atoms with Gasteiger partial charge in [0, 0.05) is 19.1 Å². The highest BCUT2D eigenvalue weighted by Gasteiger charge is 2.49. The fourth-order valence-electron chi connectivity index (χ4n) is 6.38. The van der Waals surface area contributed by atoms with Gasteiger partial charge in [0.25, 0.3) is 5.09 Å². The average molecular weight is 384 g/mol. The summed E-state index contributed by atoms with van der Waals surface area (Å²) in [6, 6.07) is 7.06. The van der Waals surface area contributed by atoms with Gasteiger partial charge in [0.2, 0.25) is 0 Å². The summed E-state index contributed by atoms with van der Waals surface area (Å²) < 4.78 is 5.70. The fourth-order valence-corrected chi connectivity index (χ4v) is 6.38. The summed E-state index contributed by atoms with van der Waals surface area (Å²) in [6.45, 7) is 4.98. The normalized spacial score (nSPS) is 32.5. The molecular weight excluding hydrogens is 356 g/mol. The van der Waals surface area contributed by atoms with Gasteiger partial charge in [-0.3, -0.25) is 4.90 Å². The first-order valence-electron chi connectivity index (χ1n) is 10.6. The van der Waals surface area contributed by atoms with Crippen LogP contribution in [0.2, 0.25) is 0 Å². The van der Waals surface area contributed by atoms with E-state index in [4.69, 9.17) is 4.74 Å². The van der Waals surface area contributed by atoms with Crippen LogP contribution in [0.25, 0.3) is 5.57 Å². The minimum atomic E-state index is -0.778. The summed E-state index contributed by atoms with van der Waals surface area (Å²) in [5.41, 5.74) is 6.01. The van der Waals surface area contributed by atoms with E-state index < -0.39 is 5.09 Å². The van der Waals surface area contributed by atoms with E-state index in [0.717, 1.165) is 42.4 Å². The predicted octanol–water partition coefficient (Wildman–Crippen LogP) is 3.72. The van der Waals surface area contributed by atoms with E-state index in [-0.39, 0.29) is 13.2 Å². The van der Waals surface area contributed by atoms with E-state index in [0.29, 0.717) is 0 Å². The molecule has 0 spiro atoms. The van der Waals surface area contributed by atoms with Gasteiger partial charge in [-0.15, -0.1) is 10.1 Å². The summed E-state index contributed by atoms with van der Waals surface area (Å²) in [6.07, 6.45) is 6.31. The molecule has 6 heteroatoms. The van der Waals surface area contributed by atoms with Crippen molar-refractivity contribution in [3.8, 4) is 5.75 Å². The van der Waals surface area contributed by atoms with Gasteiger partial charge < -0.3 is 9.57 Å². The Kier molecular flexibility index (Phi) is 4.54. The van der Waals surface area contributed by atoms with E-state index >= 15 is 0 Å². The molecule has 28 heavy (non-hydrogen) atoms. The third-order valence-electron chi connectivity index (χ3n) is 7.38. The zero-order valence-electron chi connectivity index (χ0n) is 16.4. The molecule has 1 unspecified atom stereocenters. The average Bonchev–Trinajstić information content (AvgIpc) is 3.02. The number of benzene rings is 1. The molecule has 4 bridgehead atoms. The number of rotatable bonds is 6. The Balaban J connectivity index is 1.38. The van der Waals surface area contributed by atoms with Crippen LogP contribution in [0.4, 0.5) is 0 Å². The van der Waals surface area contributed by atoms with Crippen molar-refractivity contribution in [1.82, 2.24) is 4.90 Å². The minimum Gasteiger partial charge on any atom is -0.492 e. The molecular formula is C22H28N2O4. The Bertz CT molecular complexity index is 821. The monoisotopic (exact) mass is 384 g/mol. The van der Waals surface area contributed by atoms with Gasteiger partial charge in [-0.2, -0.15) is 0 Å². The number of nitrogens with zero attached hydrogens (tertiary/aromatic N) is 2. The molecule has 1 aromatic carbocycles. The standard InChI is InChI=1S/C22H28N2O4/c1-2-15-9-14-10-21-20-11-16-3-4-17(27-7-8-28-24(25)26)12-19(16)18(20)5-6-23(13-14)22(15)21/h3-4,12,14-15,21-22H,2,5-11,13H2,1H3/t14-,15+,21+,22+/m1/s1. The van der Waals surface area contributed by atoms with E-state index in [1.54, 1.807) is 11.1 Å². The van der Waals surface area contributed by atoms with E-state index in [9.17, 15) is 10.1 Å². The molecule has 2 saturated heterocycles. The Hall–Kier alpha value is -2.08. The summed E-state index contributed by atoms with van der Waals surface area (Å²) in [4.78, 5) is 17.4. The number of piperidine rings is 2. The molecule has 0 radical (unpaired) electrons. The molecule has 3 fully saturated rings. The number of hydrogen-bond donors (Lipinski definition) is 0. The summed E-state index contributed by atoms with van der Waals surface area (Å²) in [7, 11) is 0. The van der Waals surface area contributed by atoms with Crippen molar-refractivity contribution in [3.05, 3.63) is 45.0 Å². The molecule has 0 aromatic heterocycles. The Morgan fingerprint density at radius 3 is 3.00 bits per heavy atom. The van der Waals surface area contributed by atoms with Gasteiger partial charge in [-0.25, -0.2) is 0 Å². The van der Waals surface area contributed by atoms with Crippen molar-refractivity contribution in [2.45, 2.75) is 45.1 Å². The van der Waals surface area contributed by atoms with Gasteiger partial charge in [0.1, 0.15) is 19.0 Å². The van der Waals surface area contributed by atoms with Crippen LogP contribution < -0.4 is 4.74 Å². The third kappa shape index (κ3) is 2.98. The second-order valence-electron chi connectivity index (χ2n) is 8.75. The van der Waals surface area contributed by atoms with Crippen LogP contribution in [0.15, 0.2) is 23.8 Å². The van der Waals surface area contributed by atoms with Crippen LogP contribution in [-0.4, -0.2) is 42.3 Å². The molecule has 6 nitrogen and oxygen atoms in total. The predicted molar refractivity (Wildman–Crippen MR) is 105 cm³/mol. The highest BCUT2D eigenvalue weighted by atomic mass is 17.0. The second-order valence-corrected chi connectivity index (χ2v) is 8.75. The highest BCUT2D eigenvalue weighted by molar-refractivity contribution is 5.78. The van der Waals surface area contributed by atoms with Crippen molar-refractivity contribution in [3.63, 3.8) is 0 Å². The van der Waals surface area contributed by atoms with E-state index in [1.807, 2.05) is 6.07 Å². The summed E-state index contributed by atoms with van der Waals surface area (Å²) >= 11 is 0. The van der Waals surface area contributed by atoms with Crippen LogP contribution >= 0.6 is 0 Å². The third-order valence-corrected chi connectivity index (χ3v) is 7.38. The van der Waals surface area contributed by atoms with Crippen molar-refractivity contribution in [1.29, 1.82) is 0 Å². The lowest BCUT2D eigenvalue weighted by atomic mass is 9.64. The molecule has 5 aliphatic rings. The first-order valence-corrected chi connectivity index (χ1v) is 10.6. The van der Waals surface area contributed by atoms with Crippen LogP contribution in [0.5, 0.6) is 5.75 Å². The van der Waals surface area contributed by atoms with Gasteiger partial charge in [-0.1, -0.05) is 25.0 Å². The van der Waals surface area contributed by atoms with Crippen molar-refractivity contribution in [2.75, 3.05) is 26.3 Å². The molecule has 150 valence electrons. The zero-order valence-corrected chi connectivity index (χ0v) is 16.4. The smallest absolute Gasteiger partial charge is 0.294 e. The lowest BCUT2D eigenvalue weighted by Crippen LogP contribution is -2.57. The highest BCUT2D eigenvalue weighted by Crippen LogP contribution is 2.53. The number of fused-ring (bicyclic) bond motifs is 3. The first-order chi connectivity index (χ1) is 13.6. The van der Waals surface area contributed by atoms with Crippen LogP contribution in [0.3, 0.4) is 0 Å². The lowest BCUT2D eigenvalue weighted by Gasteiger charge is -2.54. The number of ether oxygens (including phenoxy) is 1. The zero-order chi connectivity index (χ0) is 19.3. The maximum absolute atomic E-state index is 10.3. The fraction of sp³-hybridized carbons (Fsp3) is 0.636. The maximum Gasteiger partial charge on any atom is 0.294 e. The summed E-state index contributed by atoms with van der Waals surface area (Å²) in [5, 5.41) is 9.48. The van der Waals surface area contributed by atoms with Gasteiger partial charge in [0.05, 0.1) is 0 Å². The number of hydrogen-bond acceptors (Lipinski definition) is 5. The molecule has 0 amide bonds. The maximum atomic E-state index is 10.3. The topological polar surface area (TPSA) is 64.8 Å². The minimum absolute atomic E-state index is 0.0451. The summed E-state index contributed by atoms with van der Waals surface area (Å²) in [5.74, 6) is 3.23. The van der Waals surface area contributed by atoms with Crippen molar-refractivity contribution in [2.24, 2.45) is 17.8 Å². The van der Waals surface area contributed by atoms with Gasteiger partial charge in [-0.05, 0) is 72.3 Å². The molecule has 1 saturated carbocycles. The molecule has 2 aliphatic carbocycles. The van der Waals surface area contributed by atoms with E-state index in [2.05, 4.69) is 28.8 Å². The largest absolute Gasteiger partial charge is 0.492 e. The molecule has 5 atom stereocenters. The quantitative estimate of drug-likeness (QED) is 0.425. The van der Waals surface area contributed by atoms with E-state index in [1.165, 1.54) is 43.5 Å². The molecule has 0 N–H and O–H groups in total. The Morgan fingerprint density at radius 2 is 2.18 bits per heavy atom. The van der Waals surface area contributed by atoms with Gasteiger partial charge >= 0.3 is 0 Å².